The summed E-state index contributed by atoms with van der Waals surface area (Å²) in [6.07, 6.45) is 5.76. The molecule has 2 atom stereocenters. The second-order valence-electron chi connectivity index (χ2n) is 6.51. The van der Waals surface area contributed by atoms with Gasteiger partial charge in [-0.3, -0.25) is 4.90 Å². The third-order valence-corrected chi connectivity index (χ3v) is 5.29. The third kappa shape index (κ3) is 2.27. The molecule has 1 heterocycles. The zero-order valence-corrected chi connectivity index (χ0v) is 12.5. The van der Waals surface area contributed by atoms with Crippen LogP contribution >= 0.6 is 0 Å². The van der Waals surface area contributed by atoms with Crippen molar-refractivity contribution in [2.75, 3.05) is 13.1 Å². The quantitative estimate of drug-likeness (QED) is 0.862. The number of piperidine rings is 1. The Balaban J connectivity index is 1.75. The molecule has 0 bridgehead atoms. The van der Waals surface area contributed by atoms with Gasteiger partial charge in [-0.25, -0.2) is 0 Å². The molecule has 1 N–H and O–H groups in total. The van der Waals surface area contributed by atoms with E-state index in [0.717, 1.165) is 25.9 Å². The Labute approximate surface area is 126 Å². The van der Waals surface area contributed by atoms with Gasteiger partial charge in [-0.05, 0) is 60.7 Å². The number of hydrogen-bond donors (Lipinski definition) is 1. The monoisotopic (exact) mass is 281 g/mol. The molecule has 0 saturated carbocycles. The molecule has 21 heavy (non-hydrogen) atoms. The highest BCUT2D eigenvalue weighted by Gasteiger charge is 2.33. The predicted octanol–water partition coefficient (Wildman–Crippen LogP) is 3.67. The van der Waals surface area contributed by atoms with Crippen molar-refractivity contribution in [2.45, 2.75) is 44.2 Å². The van der Waals surface area contributed by atoms with Crippen LogP contribution in [0.2, 0.25) is 0 Å². The molecule has 4 rings (SSSR count). The number of hydrogen-bond acceptors (Lipinski definition) is 2. The highest BCUT2D eigenvalue weighted by Crippen LogP contribution is 2.38. The second-order valence-corrected chi connectivity index (χ2v) is 6.51. The predicted molar refractivity (Wildman–Crippen MR) is 86.4 cm³/mol. The van der Waals surface area contributed by atoms with Crippen molar-refractivity contribution < 1.29 is 5.11 Å². The van der Waals surface area contributed by atoms with E-state index in [9.17, 15) is 5.11 Å². The molecule has 1 aliphatic heterocycles. The summed E-state index contributed by atoms with van der Waals surface area (Å²) < 4.78 is 0. The van der Waals surface area contributed by atoms with E-state index in [-0.39, 0.29) is 6.10 Å². The first-order chi connectivity index (χ1) is 10.3. The summed E-state index contributed by atoms with van der Waals surface area (Å²) in [5.41, 5.74) is 2.53. The van der Waals surface area contributed by atoms with Crippen molar-refractivity contribution >= 4 is 10.8 Å². The van der Waals surface area contributed by atoms with Crippen LogP contribution in [0.4, 0.5) is 0 Å². The van der Waals surface area contributed by atoms with Crippen LogP contribution in [-0.4, -0.2) is 29.1 Å². The van der Waals surface area contributed by atoms with Gasteiger partial charge in [0, 0.05) is 6.04 Å². The van der Waals surface area contributed by atoms with Crippen LogP contribution in [0.1, 0.15) is 42.9 Å². The van der Waals surface area contributed by atoms with Gasteiger partial charge in [0.05, 0.1) is 6.10 Å². The molecule has 1 fully saturated rings. The molecule has 2 aromatic carbocycles. The zero-order valence-electron chi connectivity index (χ0n) is 12.5. The summed E-state index contributed by atoms with van der Waals surface area (Å²) in [5.74, 6) is 0. The third-order valence-electron chi connectivity index (χ3n) is 5.29. The van der Waals surface area contributed by atoms with E-state index < -0.39 is 0 Å². The van der Waals surface area contributed by atoms with Crippen LogP contribution in [0.3, 0.4) is 0 Å². The van der Waals surface area contributed by atoms with Crippen molar-refractivity contribution in [2.24, 2.45) is 0 Å². The molecule has 0 aromatic heterocycles. The lowest BCUT2D eigenvalue weighted by molar-refractivity contribution is 0.0270. The molecule has 2 heteroatoms. The molecule has 0 spiro atoms. The highest BCUT2D eigenvalue weighted by molar-refractivity contribution is 5.87. The Kier molecular flexibility index (Phi) is 3.44. The lowest BCUT2D eigenvalue weighted by Crippen LogP contribution is -2.44. The molecule has 2 aliphatic rings. The number of fused-ring (bicyclic) bond motifs is 3. The summed E-state index contributed by atoms with van der Waals surface area (Å²) in [7, 11) is 0. The first kappa shape index (κ1) is 13.3. The van der Waals surface area contributed by atoms with E-state index in [1.165, 1.54) is 41.2 Å². The van der Waals surface area contributed by atoms with Crippen LogP contribution in [-0.2, 0) is 6.42 Å². The van der Waals surface area contributed by atoms with E-state index in [1.807, 2.05) is 0 Å². The molecule has 2 aromatic rings. The SMILES string of the molecule is O[C@H]1c2c(ccc3ccccc23)CC[C@H]1N1CCCCC1. The summed E-state index contributed by atoms with van der Waals surface area (Å²) in [6.45, 7) is 2.31. The van der Waals surface area contributed by atoms with Crippen LogP contribution in [0.25, 0.3) is 10.8 Å². The lowest BCUT2D eigenvalue weighted by Gasteiger charge is -2.41. The fourth-order valence-electron chi connectivity index (χ4n) is 4.19. The number of benzene rings is 2. The first-order valence-electron chi connectivity index (χ1n) is 8.27. The molecule has 2 nitrogen and oxygen atoms in total. The summed E-state index contributed by atoms with van der Waals surface area (Å²) >= 11 is 0. The van der Waals surface area contributed by atoms with Crippen LogP contribution in [0.5, 0.6) is 0 Å². The Bertz CT molecular complexity index is 645. The molecule has 0 radical (unpaired) electrons. The fourth-order valence-corrected chi connectivity index (χ4v) is 4.19. The van der Waals surface area contributed by atoms with E-state index >= 15 is 0 Å². The minimum atomic E-state index is -0.335. The highest BCUT2D eigenvalue weighted by atomic mass is 16.3. The minimum absolute atomic E-state index is 0.309. The minimum Gasteiger partial charge on any atom is -0.387 e. The molecule has 1 aliphatic carbocycles. The van der Waals surface area contributed by atoms with Crippen LogP contribution < -0.4 is 0 Å². The van der Waals surface area contributed by atoms with Gasteiger partial charge in [-0.15, -0.1) is 0 Å². The summed E-state index contributed by atoms with van der Waals surface area (Å²) in [5, 5.41) is 13.5. The molecular formula is C19H23NO. The van der Waals surface area contributed by atoms with Gasteiger partial charge in [-0.2, -0.15) is 0 Å². The van der Waals surface area contributed by atoms with Gasteiger partial charge < -0.3 is 5.11 Å². The number of nitrogens with zero attached hydrogens (tertiary/aromatic N) is 1. The summed E-state index contributed by atoms with van der Waals surface area (Å²) in [4.78, 5) is 2.53. The van der Waals surface area contributed by atoms with E-state index in [1.54, 1.807) is 0 Å². The second kappa shape index (κ2) is 5.43. The lowest BCUT2D eigenvalue weighted by atomic mass is 9.81. The van der Waals surface area contributed by atoms with Crippen LogP contribution in [0.15, 0.2) is 36.4 Å². The fraction of sp³-hybridized carbons (Fsp3) is 0.474. The number of likely N-dealkylation sites (tertiary alicyclic amines) is 1. The maximum atomic E-state index is 11.0. The first-order valence-corrected chi connectivity index (χ1v) is 8.27. The van der Waals surface area contributed by atoms with Gasteiger partial charge in [0.15, 0.2) is 0 Å². The number of aryl methyl sites for hydroxylation is 1. The van der Waals surface area contributed by atoms with E-state index in [2.05, 4.69) is 41.3 Å². The Hall–Kier alpha value is -1.38. The Morgan fingerprint density at radius 2 is 1.76 bits per heavy atom. The number of rotatable bonds is 1. The van der Waals surface area contributed by atoms with Gasteiger partial charge >= 0.3 is 0 Å². The van der Waals surface area contributed by atoms with Crippen LogP contribution in [0, 0.1) is 0 Å². The maximum absolute atomic E-state index is 11.0. The van der Waals surface area contributed by atoms with E-state index in [0.29, 0.717) is 6.04 Å². The standard InChI is InChI=1S/C19H23NO/c21-19-17(20-12-4-1-5-13-20)11-10-15-9-8-14-6-2-3-7-16(14)18(15)19/h2-3,6-9,17,19,21H,1,4-5,10-13H2/t17-,19-/m1/s1. The smallest absolute Gasteiger partial charge is 0.0953 e. The average Bonchev–Trinajstić information content (AvgIpc) is 2.55. The van der Waals surface area contributed by atoms with Crippen molar-refractivity contribution in [1.82, 2.24) is 4.90 Å². The average molecular weight is 281 g/mol. The zero-order chi connectivity index (χ0) is 14.2. The van der Waals surface area contributed by atoms with Gasteiger partial charge in [0.2, 0.25) is 0 Å². The van der Waals surface area contributed by atoms with E-state index in [4.69, 9.17) is 0 Å². The Morgan fingerprint density at radius 3 is 2.62 bits per heavy atom. The molecule has 1 saturated heterocycles. The number of aliphatic hydroxyl groups excluding tert-OH is 1. The Morgan fingerprint density at radius 1 is 0.952 bits per heavy atom. The summed E-state index contributed by atoms with van der Waals surface area (Å²) in [6, 6.07) is 13.2. The van der Waals surface area contributed by atoms with Gasteiger partial charge in [0.1, 0.15) is 0 Å². The molecule has 0 amide bonds. The van der Waals surface area contributed by atoms with Gasteiger partial charge in [0.25, 0.3) is 0 Å². The van der Waals surface area contributed by atoms with Crippen molar-refractivity contribution in [3.8, 4) is 0 Å². The van der Waals surface area contributed by atoms with Crippen molar-refractivity contribution in [3.63, 3.8) is 0 Å². The topological polar surface area (TPSA) is 23.5 Å². The number of aliphatic hydroxyl groups is 1. The van der Waals surface area contributed by atoms with Crippen molar-refractivity contribution in [3.05, 3.63) is 47.5 Å². The largest absolute Gasteiger partial charge is 0.387 e. The van der Waals surface area contributed by atoms with Gasteiger partial charge in [-0.1, -0.05) is 42.8 Å². The molecular weight excluding hydrogens is 258 g/mol. The normalized spacial score (nSPS) is 26.7. The van der Waals surface area contributed by atoms with Crippen molar-refractivity contribution in [1.29, 1.82) is 0 Å². The molecule has 0 unspecified atom stereocenters. The molecule has 110 valence electrons. The maximum Gasteiger partial charge on any atom is 0.0953 e.